The standard InChI is InChI=1S/C21H22F3N3O3/c1-26-10-8-20(9-11-26)13-17(15-4-2-3-5-19(15)30-20)25-16-7-6-14(21(22,23)24)12-18(16)27(28)29/h2-7,12,17,25H,8-11,13H2,1H3. The number of likely N-dealkylation sites (tertiary alicyclic amines) is 1. The number of halogens is 3. The number of anilines is 1. The Bertz CT molecular complexity index is 956. The number of hydrogen-bond acceptors (Lipinski definition) is 5. The van der Waals surface area contributed by atoms with Gasteiger partial charge in [-0.15, -0.1) is 0 Å². The Morgan fingerprint density at radius 1 is 1.20 bits per heavy atom. The number of ether oxygens (including phenoxy) is 1. The molecule has 0 radical (unpaired) electrons. The molecular weight excluding hydrogens is 399 g/mol. The van der Waals surface area contributed by atoms with Gasteiger partial charge in [-0.05, 0) is 38.1 Å². The molecule has 2 aromatic rings. The topological polar surface area (TPSA) is 67.6 Å². The number of piperidine rings is 1. The Hall–Kier alpha value is -2.81. The summed E-state index contributed by atoms with van der Waals surface area (Å²) in [6.07, 6.45) is -2.45. The van der Waals surface area contributed by atoms with Crippen molar-refractivity contribution >= 4 is 11.4 Å². The summed E-state index contributed by atoms with van der Waals surface area (Å²) in [5, 5.41) is 14.6. The maximum atomic E-state index is 13.0. The molecule has 0 saturated carbocycles. The predicted molar refractivity (Wildman–Crippen MR) is 106 cm³/mol. The Morgan fingerprint density at radius 3 is 2.57 bits per heavy atom. The van der Waals surface area contributed by atoms with Gasteiger partial charge in [-0.3, -0.25) is 10.1 Å². The molecule has 2 aliphatic heterocycles. The van der Waals surface area contributed by atoms with Crippen molar-refractivity contribution in [3.05, 3.63) is 63.7 Å². The van der Waals surface area contributed by atoms with Crippen LogP contribution in [0.3, 0.4) is 0 Å². The minimum Gasteiger partial charge on any atom is -0.487 e. The third-order valence-electron chi connectivity index (χ3n) is 5.95. The minimum atomic E-state index is -4.65. The van der Waals surface area contributed by atoms with Gasteiger partial charge in [0.25, 0.3) is 5.69 Å². The average Bonchev–Trinajstić information content (AvgIpc) is 2.70. The van der Waals surface area contributed by atoms with Crippen LogP contribution in [0.15, 0.2) is 42.5 Å². The quantitative estimate of drug-likeness (QED) is 0.557. The molecule has 2 heterocycles. The van der Waals surface area contributed by atoms with E-state index in [9.17, 15) is 23.3 Å². The van der Waals surface area contributed by atoms with E-state index < -0.39 is 28.0 Å². The Labute approximate surface area is 171 Å². The fourth-order valence-corrected chi connectivity index (χ4v) is 4.25. The smallest absolute Gasteiger partial charge is 0.416 e. The molecule has 1 saturated heterocycles. The Kier molecular flexibility index (Phi) is 5.09. The van der Waals surface area contributed by atoms with Crippen molar-refractivity contribution < 1.29 is 22.8 Å². The van der Waals surface area contributed by atoms with Crippen LogP contribution in [0, 0.1) is 10.1 Å². The van der Waals surface area contributed by atoms with Crippen molar-refractivity contribution in [2.75, 3.05) is 25.5 Å². The molecule has 30 heavy (non-hydrogen) atoms. The molecule has 0 amide bonds. The van der Waals surface area contributed by atoms with E-state index in [1.807, 2.05) is 31.3 Å². The van der Waals surface area contributed by atoms with Crippen LogP contribution in [-0.2, 0) is 6.18 Å². The van der Waals surface area contributed by atoms with E-state index in [4.69, 9.17) is 4.74 Å². The zero-order chi connectivity index (χ0) is 21.5. The van der Waals surface area contributed by atoms with E-state index in [-0.39, 0.29) is 11.7 Å². The van der Waals surface area contributed by atoms with Gasteiger partial charge in [-0.2, -0.15) is 13.2 Å². The summed E-state index contributed by atoms with van der Waals surface area (Å²) >= 11 is 0. The fraction of sp³-hybridized carbons (Fsp3) is 0.429. The molecule has 4 rings (SSSR count). The number of benzene rings is 2. The van der Waals surface area contributed by atoms with Crippen molar-refractivity contribution in [1.29, 1.82) is 0 Å². The number of nitro benzene ring substituents is 1. The predicted octanol–water partition coefficient (Wildman–Crippen LogP) is 5.01. The van der Waals surface area contributed by atoms with Crippen molar-refractivity contribution in [1.82, 2.24) is 4.90 Å². The molecule has 0 aliphatic carbocycles. The lowest BCUT2D eigenvalue weighted by Gasteiger charge is -2.46. The number of fused-ring (bicyclic) bond motifs is 1. The molecular formula is C21H22F3N3O3. The van der Waals surface area contributed by atoms with Crippen LogP contribution < -0.4 is 10.1 Å². The van der Waals surface area contributed by atoms with Crippen LogP contribution in [0.1, 0.15) is 36.4 Å². The van der Waals surface area contributed by atoms with Crippen LogP contribution >= 0.6 is 0 Å². The molecule has 160 valence electrons. The summed E-state index contributed by atoms with van der Waals surface area (Å²) in [4.78, 5) is 12.9. The molecule has 6 nitrogen and oxygen atoms in total. The molecule has 1 N–H and O–H groups in total. The summed E-state index contributed by atoms with van der Waals surface area (Å²) in [7, 11) is 2.05. The van der Waals surface area contributed by atoms with Crippen LogP contribution in [0.4, 0.5) is 24.5 Å². The summed E-state index contributed by atoms with van der Waals surface area (Å²) in [6.45, 7) is 1.74. The lowest BCUT2D eigenvalue weighted by atomic mass is 9.80. The van der Waals surface area contributed by atoms with E-state index >= 15 is 0 Å². The third-order valence-corrected chi connectivity index (χ3v) is 5.95. The Balaban J connectivity index is 1.69. The summed E-state index contributed by atoms with van der Waals surface area (Å²) < 4.78 is 45.4. The highest BCUT2D eigenvalue weighted by Gasteiger charge is 2.43. The highest BCUT2D eigenvalue weighted by Crippen LogP contribution is 2.46. The van der Waals surface area contributed by atoms with Gasteiger partial charge in [0.1, 0.15) is 17.0 Å². The minimum absolute atomic E-state index is 0.0674. The first-order chi connectivity index (χ1) is 14.2. The van der Waals surface area contributed by atoms with Crippen LogP contribution in [0.2, 0.25) is 0 Å². The molecule has 1 spiro atoms. The third kappa shape index (κ3) is 3.94. The first-order valence-electron chi connectivity index (χ1n) is 9.76. The SMILES string of the molecule is CN1CCC2(CC1)CC(Nc1ccc(C(F)(F)F)cc1[N+](=O)[O-])c1ccccc1O2. The maximum Gasteiger partial charge on any atom is 0.416 e. The number of nitrogens with one attached hydrogen (secondary N) is 1. The second kappa shape index (κ2) is 7.46. The van der Waals surface area contributed by atoms with Gasteiger partial charge >= 0.3 is 6.18 Å². The van der Waals surface area contributed by atoms with Gasteiger partial charge in [0, 0.05) is 31.1 Å². The average molecular weight is 421 g/mol. The molecule has 2 aliphatic rings. The first-order valence-corrected chi connectivity index (χ1v) is 9.76. The van der Waals surface area contributed by atoms with Crippen molar-refractivity contribution in [3.8, 4) is 5.75 Å². The van der Waals surface area contributed by atoms with Crippen molar-refractivity contribution in [3.63, 3.8) is 0 Å². The summed E-state index contributed by atoms with van der Waals surface area (Å²) in [5.74, 6) is 0.709. The lowest BCUT2D eigenvalue weighted by Crippen LogP contribution is -2.50. The van der Waals surface area contributed by atoms with Gasteiger partial charge in [0.15, 0.2) is 0 Å². The van der Waals surface area contributed by atoms with Gasteiger partial charge in [0.2, 0.25) is 0 Å². The molecule has 0 bridgehead atoms. The number of rotatable bonds is 3. The zero-order valence-corrected chi connectivity index (χ0v) is 16.4. The van der Waals surface area contributed by atoms with Gasteiger partial charge in [0.05, 0.1) is 16.5 Å². The van der Waals surface area contributed by atoms with Crippen LogP contribution in [0.25, 0.3) is 0 Å². The van der Waals surface area contributed by atoms with E-state index in [2.05, 4.69) is 10.2 Å². The van der Waals surface area contributed by atoms with E-state index in [0.29, 0.717) is 18.2 Å². The van der Waals surface area contributed by atoms with Crippen molar-refractivity contribution in [2.45, 2.75) is 37.1 Å². The highest BCUT2D eigenvalue weighted by atomic mass is 19.4. The second-order valence-corrected chi connectivity index (χ2v) is 8.01. The Morgan fingerprint density at radius 2 is 1.90 bits per heavy atom. The molecule has 1 fully saturated rings. The monoisotopic (exact) mass is 421 g/mol. The molecule has 2 aromatic carbocycles. The number of nitrogens with zero attached hydrogens (tertiary/aromatic N) is 2. The molecule has 1 unspecified atom stereocenters. The zero-order valence-electron chi connectivity index (χ0n) is 16.4. The second-order valence-electron chi connectivity index (χ2n) is 8.01. The van der Waals surface area contributed by atoms with E-state index in [1.54, 1.807) is 0 Å². The largest absolute Gasteiger partial charge is 0.487 e. The number of para-hydroxylation sites is 1. The molecule has 1 atom stereocenters. The highest BCUT2D eigenvalue weighted by molar-refractivity contribution is 5.64. The fourth-order valence-electron chi connectivity index (χ4n) is 4.25. The molecule has 9 heteroatoms. The normalized spacial score (nSPS) is 21.0. The molecule has 0 aromatic heterocycles. The lowest BCUT2D eigenvalue weighted by molar-refractivity contribution is -0.384. The van der Waals surface area contributed by atoms with E-state index in [0.717, 1.165) is 43.6 Å². The van der Waals surface area contributed by atoms with E-state index in [1.165, 1.54) is 0 Å². The van der Waals surface area contributed by atoms with Crippen LogP contribution in [0.5, 0.6) is 5.75 Å². The van der Waals surface area contributed by atoms with Gasteiger partial charge in [-0.25, -0.2) is 0 Å². The van der Waals surface area contributed by atoms with Gasteiger partial charge < -0.3 is 15.0 Å². The summed E-state index contributed by atoms with van der Waals surface area (Å²) in [6, 6.07) is 9.74. The number of nitro groups is 1. The summed E-state index contributed by atoms with van der Waals surface area (Å²) in [5.41, 5.74) is -1.13. The first kappa shape index (κ1) is 20.5. The number of alkyl halides is 3. The number of hydrogen-bond donors (Lipinski definition) is 1. The maximum absolute atomic E-state index is 13.0. The van der Waals surface area contributed by atoms with Crippen molar-refractivity contribution in [2.24, 2.45) is 0 Å². The van der Waals surface area contributed by atoms with Crippen LogP contribution in [-0.4, -0.2) is 35.6 Å². The van der Waals surface area contributed by atoms with Gasteiger partial charge in [-0.1, -0.05) is 18.2 Å².